The zero-order valence-corrected chi connectivity index (χ0v) is 18.4. The number of benzene rings is 1. The molecule has 2 aromatic rings. The monoisotopic (exact) mass is 441 g/mol. The first kappa shape index (κ1) is 22.4. The number of amides is 1. The fourth-order valence-corrected chi connectivity index (χ4v) is 4.92. The number of rotatable bonds is 5. The van der Waals surface area contributed by atoms with E-state index in [1.807, 2.05) is 0 Å². The predicted octanol–water partition coefficient (Wildman–Crippen LogP) is 4.47. The second kappa shape index (κ2) is 8.86. The number of nitrogens with one attached hydrogen (secondary N) is 1. The van der Waals surface area contributed by atoms with Gasteiger partial charge in [0.2, 0.25) is 0 Å². The third-order valence-corrected chi connectivity index (χ3v) is 6.67. The molecule has 1 aliphatic rings. The van der Waals surface area contributed by atoms with E-state index in [4.69, 9.17) is 4.74 Å². The maximum absolute atomic E-state index is 12.3. The van der Waals surface area contributed by atoms with E-state index in [1.165, 1.54) is 35.6 Å². The van der Waals surface area contributed by atoms with Crippen molar-refractivity contribution in [3.63, 3.8) is 0 Å². The molecule has 1 aromatic carbocycles. The first-order valence-electron chi connectivity index (χ1n) is 9.86. The minimum Gasteiger partial charge on any atom is -0.452 e. The molecule has 0 saturated heterocycles. The van der Waals surface area contributed by atoms with Crippen molar-refractivity contribution in [2.24, 2.45) is 11.3 Å². The maximum Gasteiger partial charge on any atom is 0.338 e. The number of carbonyl (C=O) groups excluding carboxylic acids is 2. The Morgan fingerprint density at radius 3 is 2.58 bits per heavy atom. The number of non-ortho nitro benzene ring substituents is 1. The van der Waals surface area contributed by atoms with Crippen molar-refractivity contribution in [2.75, 3.05) is 11.9 Å². The molecule has 0 radical (unpaired) electrons. The van der Waals surface area contributed by atoms with Crippen LogP contribution >= 0.6 is 11.3 Å². The second-order valence-electron chi connectivity index (χ2n) is 8.55. The molecule has 1 unspecified atom stereocenters. The van der Waals surface area contributed by atoms with Gasteiger partial charge >= 0.3 is 5.97 Å². The van der Waals surface area contributed by atoms with Gasteiger partial charge < -0.3 is 10.1 Å². The van der Waals surface area contributed by atoms with Crippen molar-refractivity contribution in [2.45, 2.75) is 40.0 Å². The lowest BCUT2D eigenvalue weighted by Crippen LogP contribution is -2.26. The van der Waals surface area contributed by atoms with Crippen molar-refractivity contribution >= 4 is 33.9 Å². The molecule has 0 spiro atoms. The lowest BCUT2D eigenvalue weighted by atomic mass is 9.72. The Hall–Kier alpha value is -3.25. The Bertz CT molecular complexity index is 1060. The molecule has 1 heterocycles. The number of nitro groups is 1. The number of nitrogens with zero attached hydrogens (tertiary/aromatic N) is 2. The molecule has 9 heteroatoms. The van der Waals surface area contributed by atoms with Gasteiger partial charge in [0.25, 0.3) is 11.6 Å². The minimum absolute atomic E-state index is 0.107. The highest BCUT2D eigenvalue weighted by atomic mass is 32.1. The van der Waals surface area contributed by atoms with Gasteiger partial charge in [0.15, 0.2) is 6.61 Å². The molecule has 31 heavy (non-hydrogen) atoms. The average Bonchev–Trinajstić information content (AvgIpc) is 3.07. The smallest absolute Gasteiger partial charge is 0.338 e. The van der Waals surface area contributed by atoms with Crippen LogP contribution in [0.2, 0.25) is 0 Å². The molecule has 1 aliphatic carbocycles. The summed E-state index contributed by atoms with van der Waals surface area (Å²) in [5.41, 5.74) is 1.63. The van der Waals surface area contributed by atoms with Gasteiger partial charge in [-0.05, 0) is 48.3 Å². The van der Waals surface area contributed by atoms with Gasteiger partial charge in [-0.15, -0.1) is 11.3 Å². The van der Waals surface area contributed by atoms with Crippen LogP contribution in [0.25, 0.3) is 0 Å². The van der Waals surface area contributed by atoms with E-state index >= 15 is 0 Å². The van der Waals surface area contributed by atoms with Crippen LogP contribution in [0.3, 0.4) is 0 Å². The molecule has 1 amide bonds. The van der Waals surface area contributed by atoms with E-state index in [0.717, 1.165) is 29.7 Å². The number of ether oxygens (including phenoxy) is 1. The van der Waals surface area contributed by atoms with E-state index in [1.54, 1.807) is 0 Å². The number of hydrogen-bond donors (Lipinski definition) is 1. The van der Waals surface area contributed by atoms with Gasteiger partial charge in [0.05, 0.1) is 16.1 Å². The number of fused-ring (bicyclic) bond motifs is 1. The predicted molar refractivity (Wildman–Crippen MR) is 116 cm³/mol. The molecule has 1 atom stereocenters. The van der Waals surface area contributed by atoms with Crippen LogP contribution < -0.4 is 5.32 Å². The van der Waals surface area contributed by atoms with E-state index in [-0.39, 0.29) is 16.7 Å². The quantitative estimate of drug-likeness (QED) is 0.415. The standard InChI is InChI=1S/C22H23N3O5S/c1-22(2,3)14-6-9-16-17(11-23)20(31-18(16)10-14)24-19(26)12-30-21(27)13-4-7-15(8-5-13)25(28)29/h4-5,7-8,14H,6,9-10,12H2,1-3H3,(H,24,26). The number of hydrogen-bond acceptors (Lipinski definition) is 7. The lowest BCUT2D eigenvalue weighted by Gasteiger charge is -2.33. The molecule has 1 N–H and O–H groups in total. The summed E-state index contributed by atoms with van der Waals surface area (Å²) in [7, 11) is 0. The molecular formula is C22H23N3O5S. The Balaban J connectivity index is 1.63. The van der Waals surface area contributed by atoms with Crippen molar-refractivity contribution < 1.29 is 19.2 Å². The fourth-order valence-electron chi connectivity index (χ4n) is 3.63. The molecule has 8 nitrogen and oxygen atoms in total. The number of esters is 1. The first-order valence-corrected chi connectivity index (χ1v) is 10.7. The van der Waals surface area contributed by atoms with Gasteiger partial charge in [-0.3, -0.25) is 14.9 Å². The molecule has 162 valence electrons. The summed E-state index contributed by atoms with van der Waals surface area (Å²) in [6.45, 7) is 6.12. The average molecular weight is 442 g/mol. The second-order valence-corrected chi connectivity index (χ2v) is 9.66. The number of anilines is 1. The van der Waals surface area contributed by atoms with E-state index in [0.29, 0.717) is 16.5 Å². The SMILES string of the molecule is CC(C)(C)C1CCc2c(sc(NC(=O)COC(=O)c3ccc([N+](=O)[O-])cc3)c2C#N)C1. The van der Waals surface area contributed by atoms with Crippen molar-refractivity contribution in [3.05, 3.63) is 55.9 Å². The topological polar surface area (TPSA) is 122 Å². The van der Waals surface area contributed by atoms with Crippen LogP contribution in [-0.4, -0.2) is 23.4 Å². The van der Waals surface area contributed by atoms with Crippen LogP contribution in [0.15, 0.2) is 24.3 Å². The minimum atomic E-state index is -0.760. The molecule has 0 bridgehead atoms. The highest BCUT2D eigenvalue weighted by molar-refractivity contribution is 7.16. The summed E-state index contributed by atoms with van der Waals surface area (Å²) in [6.07, 6.45) is 2.69. The third-order valence-electron chi connectivity index (χ3n) is 5.50. The summed E-state index contributed by atoms with van der Waals surface area (Å²) in [5, 5.41) is 23.5. The summed E-state index contributed by atoms with van der Waals surface area (Å²) >= 11 is 1.41. The first-order chi connectivity index (χ1) is 14.6. The molecule has 0 saturated carbocycles. The van der Waals surface area contributed by atoms with Crippen molar-refractivity contribution in [3.8, 4) is 6.07 Å². The lowest BCUT2D eigenvalue weighted by molar-refractivity contribution is -0.384. The Kier molecular flexibility index (Phi) is 6.41. The van der Waals surface area contributed by atoms with Crippen LogP contribution in [0.5, 0.6) is 0 Å². The molecule has 1 aromatic heterocycles. The maximum atomic E-state index is 12.3. The van der Waals surface area contributed by atoms with Crippen molar-refractivity contribution in [1.29, 1.82) is 5.26 Å². The van der Waals surface area contributed by atoms with Gasteiger partial charge in [-0.25, -0.2) is 4.79 Å². The summed E-state index contributed by atoms with van der Waals surface area (Å²) in [6, 6.07) is 7.12. The summed E-state index contributed by atoms with van der Waals surface area (Å²) in [5.74, 6) is -0.793. The highest BCUT2D eigenvalue weighted by Crippen LogP contribution is 2.43. The van der Waals surface area contributed by atoms with Gasteiger partial charge in [0.1, 0.15) is 11.1 Å². The van der Waals surface area contributed by atoms with Gasteiger partial charge in [0, 0.05) is 17.0 Å². The van der Waals surface area contributed by atoms with Crippen LogP contribution in [-0.2, 0) is 22.4 Å². The third kappa shape index (κ3) is 5.09. The Morgan fingerprint density at radius 2 is 2.00 bits per heavy atom. The zero-order valence-electron chi connectivity index (χ0n) is 17.6. The van der Waals surface area contributed by atoms with E-state index < -0.39 is 23.4 Å². The molecule has 0 aliphatic heterocycles. The number of carbonyl (C=O) groups is 2. The van der Waals surface area contributed by atoms with Crippen LogP contribution in [0, 0.1) is 32.8 Å². The fraction of sp³-hybridized carbons (Fsp3) is 0.409. The zero-order chi connectivity index (χ0) is 22.8. The van der Waals surface area contributed by atoms with Crippen LogP contribution in [0.4, 0.5) is 10.7 Å². The molecular weight excluding hydrogens is 418 g/mol. The van der Waals surface area contributed by atoms with E-state index in [2.05, 4.69) is 32.2 Å². The van der Waals surface area contributed by atoms with Gasteiger partial charge in [-0.2, -0.15) is 5.26 Å². The number of nitro benzene ring substituents is 1. The van der Waals surface area contributed by atoms with E-state index in [9.17, 15) is 25.0 Å². The normalized spacial score (nSPS) is 15.5. The highest BCUT2D eigenvalue weighted by Gasteiger charge is 2.32. The van der Waals surface area contributed by atoms with Crippen LogP contribution in [0.1, 0.15) is 53.6 Å². The molecule has 0 fully saturated rings. The molecule has 3 rings (SSSR count). The largest absolute Gasteiger partial charge is 0.452 e. The number of nitriles is 1. The summed E-state index contributed by atoms with van der Waals surface area (Å²) < 4.78 is 5.00. The Morgan fingerprint density at radius 1 is 1.32 bits per heavy atom. The van der Waals surface area contributed by atoms with Gasteiger partial charge in [-0.1, -0.05) is 20.8 Å². The Labute approximate surface area is 184 Å². The summed E-state index contributed by atoms with van der Waals surface area (Å²) in [4.78, 5) is 35.6. The number of thiophene rings is 1. The van der Waals surface area contributed by atoms with Crippen molar-refractivity contribution in [1.82, 2.24) is 0 Å².